The van der Waals surface area contributed by atoms with Gasteiger partial charge in [0.2, 0.25) is 0 Å². The van der Waals surface area contributed by atoms with E-state index in [9.17, 15) is 5.11 Å². The summed E-state index contributed by atoms with van der Waals surface area (Å²) in [6.07, 6.45) is -0.230. The van der Waals surface area contributed by atoms with Crippen molar-refractivity contribution in [3.8, 4) is 0 Å². The number of β-amino-alcohol motifs (C(OH)–C–C–N with tert-alkyl or cyclic N) is 1. The lowest BCUT2D eigenvalue weighted by atomic mass is 10.2. The predicted molar refractivity (Wildman–Crippen MR) is 47.2 cm³/mol. The quantitative estimate of drug-likeness (QED) is 0.568. The first-order valence-corrected chi connectivity index (χ1v) is 4.33. The van der Waals surface area contributed by atoms with Crippen molar-refractivity contribution in [2.45, 2.75) is 12.1 Å². The molecule has 1 fully saturated rings. The molecule has 0 radical (unpaired) electrons. The van der Waals surface area contributed by atoms with Crippen molar-refractivity contribution < 1.29 is 9.84 Å². The number of nitrogens with zero attached hydrogens (tertiary/aromatic N) is 1. The topological polar surface area (TPSA) is 44.7 Å². The van der Waals surface area contributed by atoms with Crippen LogP contribution in [0.1, 0.15) is 0 Å². The number of rotatable bonds is 4. The number of hydrogen-bond acceptors (Lipinski definition) is 4. The van der Waals surface area contributed by atoms with Crippen LogP contribution in [0.25, 0.3) is 0 Å². The summed E-state index contributed by atoms with van der Waals surface area (Å²) in [6.45, 7) is 3.18. The molecule has 0 aromatic heterocycles. The summed E-state index contributed by atoms with van der Waals surface area (Å²) in [5.41, 5.74) is 0. The molecule has 2 N–H and O–H groups in total. The van der Waals surface area contributed by atoms with E-state index < -0.39 is 0 Å². The molecule has 1 rings (SSSR count). The number of ether oxygens (including phenoxy) is 1. The van der Waals surface area contributed by atoms with Crippen molar-refractivity contribution in [1.29, 1.82) is 0 Å². The smallest absolute Gasteiger partial charge is 0.0831 e. The zero-order valence-electron chi connectivity index (χ0n) is 7.79. The minimum atomic E-state index is -0.230. The molecule has 1 aliphatic rings. The Bertz CT molecular complexity index is 132. The monoisotopic (exact) mass is 174 g/mol. The Hall–Kier alpha value is -0.160. The second kappa shape index (κ2) is 4.77. The number of likely N-dealkylation sites (N-methyl/N-ethyl adjacent to an activating group) is 1. The molecule has 0 aromatic carbocycles. The van der Waals surface area contributed by atoms with Crippen molar-refractivity contribution in [3.05, 3.63) is 0 Å². The Morgan fingerprint density at radius 2 is 2.33 bits per heavy atom. The van der Waals surface area contributed by atoms with Crippen LogP contribution in [0.4, 0.5) is 0 Å². The average Bonchev–Trinajstić information content (AvgIpc) is 2.47. The molecular weight excluding hydrogens is 156 g/mol. The maximum absolute atomic E-state index is 9.51. The molecule has 2 atom stereocenters. The van der Waals surface area contributed by atoms with Gasteiger partial charge in [-0.05, 0) is 7.05 Å². The van der Waals surface area contributed by atoms with Gasteiger partial charge in [0.15, 0.2) is 0 Å². The standard InChI is InChI=1S/C8H18N2O2/c1-10(3-4-12-2)7-5-9-6-8(7)11/h7-9,11H,3-6H2,1-2H3/t7-,8-/m1/s1. The molecule has 0 bridgehead atoms. The third-order valence-electron chi connectivity index (χ3n) is 2.37. The Labute approximate surface area is 73.5 Å². The number of aliphatic hydroxyl groups is 1. The molecule has 0 aromatic rings. The minimum Gasteiger partial charge on any atom is -0.390 e. The molecule has 12 heavy (non-hydrogen) atoms. The lowest BCUT2D eigenvalue weighted by Gasteiger charge is -2.25. The summed E-state index contributed by atoms with van der Waals surface area (Å²) in [7, 11) is 3.71. The maximum Gasteiger partial charge on any atom is 0.0831 e. The Morgan fingerprint density at radius 1 is 1.58 bits per heavy atom. The molecule has 4 heteroatoms. The van der Waals surface area contributed by atoms with Gasteiger partial charge in [0.25, 0.3) is 0 Å². The molecule has 0 amide bonds. The summed E-state index contributed by atoms with van der Waals surface area (Å²) in [5, 5.41) is 12.7. The molecule has 1 aliphatic heterocycles. The number of methoxy groups -OCH3 is 1. The Morgan fingerprint density at radius 3 is 2.83 bits per heavy atom. The van der Waals surface area contributed by atoms with Gasteiger partial charge in [-0.25, -0.2) is 0 Å². The third kappa shape index (κ3) is 2.42. The van der Waals surface area contributed by atoms with Gasteiger partial charge in [-0.2, -0.15) is 0 Å². The van der Waals surface area contributed by atoms with Gasteiger partial charge in [-0.3, -0.25) is 4.90 Å². The van der Waals surface area contributed by atoms with E-state index in [-0.39, 0.29) is 12.1 Å². The van der Waals surface area contributed by atoms with E-state index in [0.717, 1.165) is 19.7 Å². The first-order valence-electron chi connectivity index (χ1n) is 4.33. The molecule has 0 unspecified atom stereocenters. The first-order chi connectivity index (χ1) is 5.75. The van der Waals surface area contributed by atoms with Crippen molar-refractivity contribution in [3.63, 3.8) is 0 Å². The molecule has 1 saturated heterocycles. The fourth-order valence-corrected chi connectivity index (χ4v) is 1.50. The normalized spacial score (nSPS) is 30.0. The second-order valence-electron chi connectivity index (χ2n) is 3.27. The largest absolute Gasteiger partial charge is 0.390 e. The van der Waals surface area contributed by atoms with Gasteiger partial charge < -0.3 is 15.2 Å². The van der Waals surface area contributed by atoms with E-state index in [2.05, 4.69) is 10.2 Å². The molecular formula is C8H18N2O2. The average molecular weight is 174 g/mol. The van der Waals surface area contributed by atoms with Crippen LogP contribution in [0, 0.1) is 0 Å². The van der Waals surface area contributed by atoms with Crippen molar-refractivity contribution in [2.75, 3.05) is 40.4 Å². The van der Waals surface area contributed by atoms with Crippen LogP contribution >= 0.6 is 0 Å². The molecule has 0 spiro atoms. The summed E-state index contributed by atoms with van der Waals surface area (Å²) in [6, 6.07) is 0.250. The van der Waals surface area contributed by atoms with Crippen LogP contribution in [0.15, 0.2) is 0 Å². The van der Waals surface area contributed by atoms with E-state index in [1.165, 1.54) is 0 Å². The fourth-order valence-electron chi connectivity index (χ4n) is 1.50. The Kier molecular flexibility index (Phi) is 3.94. The summed E-state index contributed by atoms with van der Waals surface area (Å²) < 4.78 is 4.96. The summed E-state index contributed by atoms with van der Waals surface area (Å²) >= 11 is 0. The van der Waals surface area contributed by atoms with Gasteiger partial charge in [0, 0.05) is 32.8 Å². The van der Waals surface area contributed by atoms with Crippen LogP contribution in [-0.4, -0.2) is 62.6 Å². The van der Waals surface area contributed by atoms with Gasteiger partial charge in [-0.1, -0.05) is 0 Å². The Balaban J connectivity index is 2.25. The van der Waals surface area contributed by atoms with Crippen LogP contribution in [0.5, 0.6) is 0 Å². The lowest BCUT2D eigenvalue weighted by molar-refractivity contribution is 0.0782. The van der Waals surface area contributed by atoms with Crippen LogP contribution < -0.4 is 5.32 Å². The summed E-state index contributed by atoms with van der Waals surface area (Å²) in [4.78, 5) is 2.13. The fraction of sp³-hybridized carbons (Fsp3) is 1.00. The highest BCUT2D eigenvalue weighted by Gasteiger charge is 2.27. The van der Waals surface area contributed by atoms with E-state index in [0.29, 0.717) is 6.54 Å². The van der Waals surface area contributed by atoms with E-state index in [1.54, 1.807) is 7.11 Å². The molecule has 0 aliphatic carbocycles. The second-order valence-corrected chi connectivity index (χ2v) is 3.27. The first kappa shape index (κ1) is 9.92. The summed E-state index contributed by atoms with van der Waals surface area (Å²) in [5.74, 6) is 0. The van der Waals surface area contributed by atoms with Gasteiger partial charge >= 0.3 is 0 Å². The number of nitrogens with one attached hydrogen (secondary N) is 1. The number of hydrogen-bond donors (Lipinski definition) is 2. The van der Waals surface area contributed by atoms with Crippen molar-refractivity contribution >= 4 is 0 Å². The zero-order valence-corrected chi connectivity index (χ0v) is 7.79. The molecule has 1 heterocycles. The van der Waals surface area contributed by atoms with E-state index >= 15 is 0 Å². The van der Waals surface area contributed by atoms with Crippen molar-refractivity contribution in [1.82, 2.24) is 10.2 Å². The third-order valence-corrected chi connectivity index (χ3v) is 2.37. The molecule has 72 valence electrons. The van der Waals surface area contributed by atoms with Crippen LogP contribution in [0.2, 0.25) is 0 Å². The van der Waals surface area contributed by atoms with Crippen LogP contribution in [-0.2, 0) is 4.74 Å². The highest BCUT2D eigenvalue weighted by Crippen LogP contribution is 2.06. The number of aliphatic hydroxyl groups excluding tert-OH is 1. The zero-order chi connectivity index (χ0) is 8.97. The van der Waals surface area contributed by atoms with Crippen molar-refractivity contribution in [2.24, 2.45) is 0 Å². The van der Waals surface area contributed by atoms with Crippen LogP contribution in [0.3, 0.4) is 0 Å². The van der Waals surface area contributed by atoms with Gasteiger partial charge in [0.05, 0.1) is 12.7 Å². The SMILES string of the molecule is COCCN(C)[C@@H]1CNC[C@H]1O. The lowest BCUT2D eigenvalue weighted by Crippen LogP contribution is -2.42. The molecule has 4 nitrogen and oxygen atoms in total. The van der Waals surface area contributed by atoms with Gasteiger partial charge in [-0.15, -0.1) is 0 Å². The highest BCUT2D eigenvalue weighted by molar-refractivity contribution is 4.86. The molecule has 0 saturated carbocycles. The predicted octanol–water partition coefficient (Wildman–Crippen LogP) is -1.10. The van der Waals surface area contributed by atoms with Gasteiger partial charge in [0.1, 0.15) is 0 Å². The van der Waals surface area contributed by atoms with E-state index in [4.69, 9.17) is 4.74 Å². The highest BCUT2D eigenvalue weighted by atomic mass is 16.5. The van der Waals surface area contributed by atoms with E-state index in [1.807, 2.05) is 7.05 Å². The minimum absolute atomic E-state index is 0.230. The maximum atomic E-state index is 9.51.